The highest BCUT2D eigenvalue weighted by Gasteiger charge is 2.18. The Bertz CT molecular complexity index is 434. The number of methoxy groups -OCH3 is 1. The summed E-state index contributed by atoms with van der Waals surface area (Å²) < 4.78 is 10.5. The van der Waals surface area contributed by atoms with Gasteiger partial charge in [-0.25, -0.2) is 4.79 Å². The van der Waals surface area contributed by atoms with E-state index in [-0.39, 0.29) is 0 Å². The van der Waals surface area contributed by atoms with Crippen molar-refractivity contribution in [2.45, 2.75) is 13.0 Å². The van der Waals surface area contributed by atoms with E-state index < -0.39 is 18.0 Å². The Morgan fingerprint density at radius 3 is 2.39 bits per heavy atom. The number of benzene rings is 1. The van der Waals surface area contributed by atoms with E-state index in [1.165, 1.54) is 14.2 Å². The van der Waals surface area contributed by atoms with Gasteiger partial charge in [0.2, 0.25) is 0 Å². The van der Waals surface area contributed by atoms with Crippen molar-refractivity contribution in [1.82, 2.24) is 10.6 Å². The summed E-state index contributed by atoms with van der Waals surface area (Å²) in [4.78, 5) is 22.6. The number of hydrogen-bond donors (Lipinski definition) is 2. The van der Waals surface area contributed by atoms with Crippen molar-refractivity contribution < 1.29 is 19.1 Å². The minimum absolute atomic E-state index is 0.444. The lowest BCUT2D eigenvalue weighted by molar-refractivity contribution is -0.126. The van der Waals surface area contributed by atoms with Crippen LogP contribution in [0.3, 0.4) is 0 Å². The third kappa shape index (κ3) is 3.65. The second kappa shape index (κ2) is 6.48. The van der Waals surface area contributed by atoms with Gasteiger partial charge in [0.1, 0.15) is 0 Å². The highest BCUT2D eigenvalue weighted by atomic mass is 16.5. The van der Waals surface area contributed by atoms with Gasteiger partial charge in [-0.15, -0.1) is 0 Å². The van der Waals surface area contributed by atoms with Crippen molar-refractivity contribution in [1.29, 1.82) is 0 Å². The van der Waals surface area contributed by atoms with Crippen molar-refractivity contribution in [2.24, 2.45) is 0 Å². The predicted molar refractivity (Wildman–Crippen MR) is 65.7 cm³/mol. The van der Waals surface area contributed by atoms with Crippen LogP contribution < -0.4 is 20.1 Å². The lowest BCUT2D eigenvalue weighted by atomic mass is 10.3. The Hall–Kier alpha value is -2.24. The van der Waals surface area contributed by atoms with E-state index in [0.29, 0.717) is 11.5 Å². The molecule has 2 N–H and O–H groups in total. The second-order valence-corrected chi connectivity index (χ2v) is 3.48. The zero-order valence-electron chi connectivity index (χ0n) is 10.5. The molecule has 1 aromatic carbocycles. The van der Waals surface area contributed by atoms with E-state index in [1.807, 2.05) is 0 Å². The first-order valence-electron chi connectivity index (χ1n) is 5.40. The molecule has 0 unspecified atom stereocenters. The zero-order chi connectivity index (χ0) is 13.5. The van der Waals surface area contributed by atoms with Crippen LogP contribution in [0.2, 0.25) is 0 Å². The zero-order valence-corrected chi connectivity index (χ0v) is 10.5. The van der Waals surface area contributed by atoms with Gasteiger partial charge in [-0.3, -0.25) is 10.1 Å². The molecule has 3 amide bonds. The standard InChI is InChI=1S/C12H16N2O4/c1-8(11(15)14-12(16)13-2)18-10-7-5-4-6-9(10)17-3/h4-8H,1-3H3,(H2,13,14,15,16)/t8-/m1/s1. The third-order valence-electron chi connectivity index (χ3n) is 2.21. The predicted octanol–water partition coefficient (Wildman–Crippen LogP) is 0.918. The van der Waals surface area contributed by atoms with E-state index >= 15 is 0 Å². The maximum atomic E-state index is 11.6. The lowest BCUT2D eigenvalue weighted by Crippen LogP contribution is -2.43. The van der Waals surface area contributed by atoms with Crippen LogP contribution in [0.15, 0.2) is 24.3 Å². The first-order chi connectivity index (χ1) is 8.58. The van der Waals surface area contributed by atoms with E-state index in [1.54, 1.807) is 31.2 Å². The Morgan fingerprint density at radius 1 is 1.22 bits per heavy atom. The number of carbonyl (C=O) groups is 2. The van der Waals surface area contributed by atoms with Gasteiger partial charge in [-0.05, 0) is 19.1 Å². The summed E-state index contributed by atoms with van der Waals surface area (Å²) >= 11 is 0. The molecule has 0 aliphatic heterocycles. The summed E-state index contributed by atoms with van der Waals surface area (Å²) in [6.07, 6.45) is -0.807. The SMILES string of the molecule is CNC(=O)NC(=O)[C@@H](C)Oc1ccccc1OC. The first kappa shape index (κ1) is 13.8. The van der Waals surface area contributed by atoms with Crippen LogP contribution in [0, 0.1) is 0 Å². The van der Waals surface area contributed by atoms with Crippen molar-refractivity contribution in [2.75, 3.05) is 14.2 Å². The summed E-state index contributed by atoms with van der Waals surface area (Å²) in [6.45, 7) is 1.55. The molecule has 6 heteroatoms. The molecule has 0 spiro atoms. The summed E-state index contributed by atoms with van der Waals surface area (Å²) in [6, 6.07) is 6.39. The Labute approximate surface area is 105 Å². The van der Waals surface area contributed by atoms with Crippen LogP contribution in [0.25, 0.3) is 0 Å². The van der Waals surface area contributed by atoms with Crippen LogP contribution in [0.4, 0.5) is 4.79 Å². The van der Waals surface area contributed by atoms with Crippen molar-refractivity contribution in [3.05, 3.63) is 24.3 Å². The molecule has 0 aromatic heterocycles. The number of ether oxygens (including phenoxy) is 2. The number of carbonyl (C=O) groups excluding carboxylic acids is 2. The molecule has 0 aliphatic carbocycles. The molecule has 0 heterocycles. The summed E-state index contributed by atoms with van der Waals surface area (Å²) in [5.41, 5.74) is 0. The van der Waals surface area contributed by atoms with Gasteiger partial charge < -0.3 is 14.8 Å². The topological polar surface area (TPSA) is 76.7 Å². The smallest absolute Gasteiger partial charge is 0.321 e. The maximum absolute atomic E-state index is 11.6. The van der Waals surface area contributed by atoms with E-state index in [9.17, 15) is 9.59 Å². The minimum Gasteiger partial charge on any atom is -0.493 e. The van der Waals surface area contributed by atoms with Gasteiger partial charge in [0.25, 0.3) is 5.91 Å². The average molecular weight is 252 g/mol. The normalized spacial score (nSPS) is 11.3. The quantitative estimate of drug-likeness (QED) is 0.835. The Morgan fingerprint density at radius 2 is 1.83 bits per heavy atom. The fourth-order valence-corrected chi connectivity index (χ4v) is 1.24. The summed E-state index contributed by atoms with van der Waals surface area (Å²) in [5, 5.41) is 4.42. The molecular weight excluding hydrogens is 236 g/mol. The van der Waals surface area contributed by atoms with Gasteiger partial charge in [-0.1, -0.05) is 12.1 Å². The summed E-state index contributed by atoms with van der Waals surface area (Å²) in [7, 11) is 2.94. The molecule has 0 saturated heterocycles. The molecule has 6 nitrogen and oxygen atoms in total. The number of amides is 3. The molecule has 0 radical (unpaired) electrons. The molecule has 1 rings (SSSR count). The largest absolute Gasteiger partial charge is 0.493 e. The van der Waals surface area contributed by atoms with Crippen LogP contribution in [-0.2, 0) is 4.79 Å². The van der Waals surface area contributed by atoms with Gasteiger partial charge in [0.05, 0.1) is 7.11 Å². The summed E-state index contributed by atoms with van der Waals surface area (Å²) in [5.74, 6) is 0.442. The van der Waals surface area contributed by atoms with Crippen molar-refractivity contribution >= 4 is 11.9 Å². The average Bonchev–Trinajstić information content (AvgIpc) is 2.39. The molecular formula is C12H16N2O4. The Balaban J connectivity index is 2.66. The number of urea groups is 1. The molecule has 0 fully saturated rings. The maximum Gasteiger partial charge on any atom is 0.321 e. The molecule has 1 atom stereocenters. The van der Waals surface area contributed by atoms with Crippen LogP contribution in [0.1, 0.15) is 6.92 Å². The van der Waals surface area contributed by atoms with Gasteiger partial charge in [-0.2, -0.15) is 0 Å². The molecule has 98 valence electrons. The second-order valence-electron chi connectivity index (χ2n) is 3.48. The highest BCUT2D eigenvalue weighted by molar-refractivity contribution is 5.96. The van der Waals surface area contributed by atoms with Gasteiger partial charge >= 0.3 is 6.03 Å². The highest BCUT2D eigenvalue weighted by Crippen LogP contribution is 2.26. The molecule has 0 bridgehead atoms. The molecule has 1 aromatic rings. The fraction of sp³-hybridized carbons (Fsp3) is 0.333. The number of nitrogens with one attached hydrogen (secondary N) is 2. The number of rotatable bonds is 4. The van der Waals surface area contributed by atoms with Crippen LogP contribution >= 0.6 is 0 Å². The number of imide groups is 1. The van der Waals surface area contributed by atoms with E-state index in [0.717, 1.165) is 0 Å². The first-order valence-corrected chi connectivity index (χ1v) is 5.40. The van der Waals surface area contributed by atoms with Crippen LogP contribution in [0.5, 0.6) is 11.5 Å². The fourth-order valence-electron chi connectivity index (χ4n) is 1.24. The number of hydrogen-bond acceptors (Lipinski definition) is 4. The number of para-hydroxylation sites is 2. The Kier molecular flexibility index (Phi) is 4.98. The molecule has 0 saturated carbocycles. The minimum atomic E-state index is -0.807. The third-order valence-corrected chi connectivity index (χ3v) is 2.21. The lowest BCUT2D eigenvalue weighted by Gasteiger charge is -2.15. The molecule has 18 heavy (non-hydrogen) atoms. The van der Waals surface area contributed by atoms with E-state index in [4.69, 9.17) is 9.47 Å². The van der Waals surface area contributed by atoms with Crippen molar-refractivity contribution in [3.8, 4) is 11.5 Å². The van der Waals surface area contributed by atoms with Crippen molar-refractivity contribution in [3.63, 3.8) is 0 Å². The van der Waals surface area contributed by atoms with Gasteiger partial charge in [0, 0.05) is 7.05 Å². The monoisotopic (exact) mass is 252 g/mol. The van der Waals surface area contributed by atoms with E-state index in [2.05, 4.69) is 10.6 Å². The molecule has 0 aliphatic rings. The van der Waals surface area contributed by atoms with Crippen LogP contribution in [-0.4, -0.2) is 32.2 Å². The van der Waals surface area contributed by atoms with Gasteiger partial charge in [0.15, 0.2) is 17.6 Å².